The molecule has 3 heterocycles. The molecule has 0 spiro atoms. The third kappa shape index (κ3) is 7.47. The maximum absolute atomic E-state index is 7.35. The smallest absolute Gasteiger partial charge is 0.160 e. The van der Waals surface area contributed by atoms with Crippen LogP contribution >= 0.6 is 0 Å². The molecule has 0 aliphatic rings. The van der Waals surface area contributed by atoms with Gasteiger partial charge in [0.25, 0.3) is 0 Å². The Morgan fingerprint density at radius 1 is 0.522 bits per heavy atom. The summed E-state index contributed by atoms with van der Waals surface area (Å²) in [7, 11) is 0. The van der Waals surface area contributed by atoms with Crippen molar-refractivity contribution >= 4 is 88.9 Å². The molecule has 328 valence electrons. The first-order chi connectivity index (χ1) is 34.1. The monoisotopic (exact) mass is 886 g/mol. The fraction of sp³-hybridized carbons (Fsp3) is 0.0312. The summed E-state index contributed by atoms with van der Waals surface area (Å²) in [5.74, 6) is 0.589. The highest BCUT2D eigenvalue weighted by molar-refractivity contribution is 6.28. The summed E-state index contributed by atoms with van der Waals surface area (Å²) in [6.45, 7) is 6.67. The number of allylic oxidation sites excluding steroid dienone is 4. The topological polar surface area (TPSA) is 47.7 Å². The van der Waals surface area contributed by atoms with Crippen molar-refractivity contribution in [2.45, 2.75) is 13.3 Å². The number of para-hydroxylation sites is 3. The van der Waals surface area contributed by atoms with Crippen LogP contribution in [0.25, 0.3) is 82.5 Å². The van der Waals surface area contributed by atoms with Crippen molar-refractivity contribution in [2.75, 3.05) is 0 Å². The van der Waals surface area contributed by atoms with Gasteiger partial charge in [-0.05, 0) is 77.7 Å². The minimum Gasteiger partial charge on any atom is -0.453 e. The van der Waals surface area contributed by atoms with E-state index in [1.165, 1.54) is 10.9 Å². The number of nitrogens with zero attached hydrogens (tertiary/aromatic N) is 4. The van der Waals surface area contributed by atoms with Gasteiger partial charge in [-0.1, -0.05) is 189 Å². The first-order valence-corrected chi connectivity index (χ1v) is 23.4. The Hall–Kier alpha value is -9.06. The third-order valence-corrected chi connectivity index (χ3v) is 13.2. The van der Waals surface area contributed by atoms with Gasteiger partial charge in [-0.15, -0.1) is 0 Å². The van der Waals surface area contributed by atoms with Gasteiger partial charge < -0.3 is 13.6 Å². The number of aromatic nitrogens is 2. The number of fused-ring (bicyclic) bond motifs is 11. The van der Waals surface area contributed by atoms with Crippen molar-refractivity contribution in [3.05, 3.63) is 271 Å². The van der Waals surface area contributed by atoms with Gasteiger partial charge in [0.1, 0.15) is 5.58 Å². The lowest BCUT2D eigenvalue weighted by atomic mass is 9.96. The summed E-state index contributed by atoms with van der Waals surface area (Å²) in [5, 5.41) is 6.71. The lowest BCUT2D eigenvalue weighted by Crippen LogP contribution is -2.05. The molecule has 12 aromatic rings. The molecule has 0 atom stereocenters. The van der Waals surface area contributed by atoms with E-state index in [4.69, 9.17) is 14.4 Å². The highest BCUT2D eigenvalue weighted by atomic mass is 16.3. The fourth-order valence-electron chi connectivity index (χ4n) is 9.91. The van der Waals surface area contributed by atoms with Gasteiger partial charge in [-0.25, -0.2) is 9.98 Å². The van der Waals surface area contributed by atoms with Gasteiger partial charge in [0.05, 0.1) is 33.2 Å². The van der Waals surface area contributed by atoms with E-state index in [0.29, 0.717) is 18.0 Å². The van der Waals surface area contributed by atoms with Crippen LogP contribution in [-0.4, -0.2) is 21.2 Å². The molecule has 0 saturated heterocycles. The van der Waals surface area contributed by atoms with Gasteiger partial charge in [0.2, 0.25) is 0 Å². The quantitative estimate of drug-likeness (QED) is 0.0767. The van der Waals surface area contributed by atoms with Crippen LogP contribution in [0.5, 0.6) is 0 Å². The molecule has 0 aliphatic heterocycles. The van der Waals surface area contributed by atoms with Gasteiger partial charge >= 0.3 is 0 Å². The molecule has 0 amide bonds. The van der Waals surface area contributed by atoms with Crippen LogP contribution in [0.4, 0.5) is 0 Å². The molecule has 3 aromatic heterocycles. The largest absolute Gasteiger partial charge is 0.453 e. The van der Waals surface area contributed by atoms with Crippen LogP contribution in [0.15, 0.2) is 263 Å². The number of amidine groups is 1. The molecule has 0 fully saturated rings. The number of benzene rings is 9. The Morgan fingerprint density at radius 2 is 1.09 bits per heavy atom. The van der Waals surface area contributed by atoms with Gasteiger partial charge in [0, 0.05) is 62.1 Å². The number of hydrogen-bond donors (Lipinski definition) is 0. The van der Waals surface area contributed by atoms with Crippen LogP contribution in [0.2, 0.25) is 0 Å². The lowest BCUT2D eigenvalue weighted by molar-refractivity contribution is 0.675. The van der Waals surface area contributed by atoms with E-state index in [0.717, 1.165) is 99.4 Å². The molecule has 0 saturated carbocycles. The second-order valence-electron chi connectivity index (χ2n) is 17.5. The number of rotatable bonds is 10. The predicted octanol–water partition coefficient (Wildman–Crippen LogP) is 16.4. The Morgan fingerprint density at radius 3 is 1.81 bits per heavy atom. The van der Waals surface area contributed by atoms with Crippen LogP contribution in [-0.2, 0) is 6.42 Å². The molecule has 12 rings (SSSR count). The summed E-state index contributed by atoms with van der Waals surface area (Å²) in [5.41, 5.74) is 15.1. The van der Waals surface area contributed by atoms with Crippen LogP contribution in [0, 0.1) is 0 Å². The summed E-state index contributed by atoms with van der Waals surface area (Å²) in [4.78, 5) is 10.1. The summed E-state index contributed by atoms with van der Waals surface area (Å²) in [6, 6.07) is 78.6. The minimum atomic E-state index is 0.589. The zero-order valence-electron chi connectivity index (χ0n) is 38.1. The first-order valence-electron chi connectivity index (χ1n) is 23.4. The Labute approximate surface area is 400 Å². The number of furan rings is 1. The SMILES string of the molecule is C=C(/N=C(\N=C\c1ccccc1)c1ccccc1)/C(C)=C/C(=C(\Cc1ccccc1)n1c2ccccc2c2c3oc4c(ccc5c6ccccc6n(-c6ccccc6)c54)c3ccc21)c1ccccc1. The van der Waals surface area contributed by atoms with E-state index in [1.807, 2.05) is 66.9 Å². The van der Waals surface area contributed by atoms with Crippen molar-refractivity contribution in [3.8, 4) is 5.69 Å². The van der Waals surface area contributed by atoms with E-state index < -0.39 is 0 Å². The molecule has 69 heavy (non-hydrogen) atoms. The molecule has 0 aliphatic carbocycles. The summed E-state index contributed by atoms with van der Waals surface area (Å²) < 4.78 is 12.2. The highest BCUT2D eigenvalue weighted by Crippen LogP contribution is 2.45. The van der Waals surface area contributed by atoms with Crippen molar-refractivity contribution in [1.82, 2.24) is 9.13 Å². The zero-order valence-corrected chi connectivity index (χ0v) is 38.1. The van der Waals surface area contributed by atoms with Crippen LogP contribution < -0.4 is 0 Å². The molecule has 5 nitrogen and oxygen atoms in total. The van der Waals surface area contributed by atoms with E-state index in [2.05, 4.69) is 193 Å². The molecule has 0 radical (unpaired) electrons. The van der Waals surface area contributed by atoms with Crippen LogP contribution in [0.1, 0.15) is 29.2 Å². The summed E-state index contributed by atoms with van der Waals surface area (Å²) in [6.07, 6.45) is 4.76. The zero-order chi connectivity index (χ0) is 46.3. The Balaban J connectivity index is 1.11. The van der Waals surface area contributed by atoms with Crippen molar-refractivity contribution in [3.63, 3.8) is 0 Å². The Kier molecular flexibility index (Phi) is 10.6. The number of aliphatic imine (C=N–C) groups is 2. The van der Waals surface area contributed by atoms with Gasteiger partial charge in [0.15, 0.2) is 11.4 Å². The second kappa shape index (κ2) is 17.6. The van der Waals surface area contributed by atoms with Gasteiger partial charge in [-0.2, -0.15) is 0 Å². The van der Waals surface area contributed by atoms with Gasteiger partial charge in [-0.3, -0.25) is 0 Å². The van der Waals surface area contributed by atoms with E-state index >= 15 is 0 Å². The third-order valence-electron chi connectivity index (χ3n) is 13.2. The Bertz CT molecular complexity index is 4020. The average Bonchev–Trinajstić information content (AvgIpc) is 4.08. The van der Waals surface area contributed by atoms with Crippen molar-refractivity contribution in [2.24, 2.45) is 9.98 Å². The second-order valence-corrected chi connectivity index (χ2v) is 17.5. The lowest BCUT2D eigenvalue weighted by Gasteiger charge is -2.19. The highest BCUT2D eigenvalue weighted by Gasteiger charge is 2.24. The standard InChI is InChI=1S/C64H46N4O/c1-43(44(2)66-64(48-28-14-6-15-29-48)65-42-46-24-10-4-11-25-46)40-55(47-26-12-5-13-27-47)59(41-45-22-8-3-9-23-45)68-57-35-21-19-33-54(57)60-58(68)39-38-52-53-37-36-51-50-32-18-20-34-56(50)67(49-30-16-7-17-31-49)61(51)63(53)69-62(52)60/h3-40,42H,2,41H2,1H3/b43-40+,59-55-,65-42+,66-64-. The van der Waals surface area contributed by atoms with Crippen molar-refractivity contribution in [1.29, 1.82) is 0 Å². The molecule has 0 bridgehead atoms. The fourth-order valence-corrected chi connectivity index (χ4v) is 9.91. The van der Waals surface area contributed by atoms with E-state index in [1.54, 1.807) is 0 Å². The molecule has 9 aromatic carbocycles. The molecule has 5 heteroatoms. The maximum atomic E-state index is 7.35. The first kappa shape index (κ1) is 41.4. The van der Waals surface area contributed by atoms with Crippen molar-refractivity contribution < 1.29 is 4.42 Å². The predicted molar refractivity (Wildman–Crippen MR) is 291 cm³/mol. The maximum Gasteiger partial charge on any atom is 0.160 e. The van der Waals surface area contributed by atoms with Crippen LogP contribution in [0.3, 0.4) is 0 Å². The minimum absolute atomic E-state index is 0.589. The molecule has 0 N–H and O–H groups in total. The normalized spacial score (nSPS) is 12.9. The summed E-state index contributed by atoms with van der Waals surface area (Å²) >= 11 is 0. The van der Waals surface area contributed by atoms with E-state index in [9.17, 15) is 0 Å². The molecular weight excluding hydrogens is 841 g/mol. The number of hydrogen-bond acceptors (Lipinski definition) is 2. The average molecular weight is 887 g/mol. The van der Waals surface area contributed by atoms with E-state index in [-0.39, 0.29) is 0 Å². The molecule has 0 unspecified atom stereocenters. The molecular formula is C64H46N4O.